The Hall–Kier alpha value is -2.62. The van der Waals surface area contributed by atoms with Gasteiger partial charge in [-0.05, 0) is 30.0 Å². The zero-order chi connectivity index (χ0) is 17.8. The molecule has 130 valence electrons. The maximum atomic E-state index is 12.9. The lowest BCUT2D eigenvalue weighted by molar-refractivity contribution is -0.141. The molecule has 0 bridgehead atoms. The van der Waals surface area contributed by atoms with E-state index in [0.29, 0.717) is 19.4 Å². The fourth-order valence-electron chi connectivity index (χ4n) is 3.54. The zero-order valence-electron chi connectivity index (χ0n) is 14.7. The molecule has 1 N–H and O–H groups in total. The zero-order valence-corrected chi connectivity index (χ0v) is 14.7. The Morgan fingerprint density at radius 2 is 1.80 bits per heavy atom. The fourth-order valence-corrected chi connectivity index (χ4v) is 3.54. The SMILES string of the molecule is Cc1ccccc1CNC(=O)[C@H]1CCC(=O)N(C)[C@@H]1c1ccccc1. The number of benzene rings is 2. The Balaban J connectivity index is 1.77. The van der Waals surface area contributed by atoms with Gasteiger partial charge >= 0.3 is 0 Å². The maximum Gasteiger partial charge on any atom is 0.225 e. The summed E-state index contributed by atoms with van der Waals surface area (Å²) in [6.45, 7) is 2.56. The molecule has 1 heterocycles. The normalized spacial score (nSPS) is 20.4. The molecule has 1 fully saturated rings. The number of hydrogen-bond acceptors (Lipinski definition) is 2. The highest BCUT2D eigenvalue weighted by Gasteiger charge is 2.38. The highest BCUT2D eigenvalue weighted by atomic mass is 16.2. The first kappa shape index (κ1) is 17.2. The van der Waals surface area contributed by atoms with Crippen molar-refractivity contribution in [3.05, 3.63) is 71.3 Å². The summed E-state index contributed by atoms with van der Waals surface area (Å²) in [4.78, 5) is 26.8. The molecular weight excluding hydrogens is 312 g/mol. The molecule has 3 rings (SSSR count). The smallest absolute Gasteiger partial charge is 0.225 e. The Kier molecular flexibility index (Phi) is 5.17. The molecule has 4 nitrogen and oxygen atoms in total. The lowest BCUT2D eigenvalue weighted by atomic mass is 9.84. The molecule has 0 aromatic heterocycles. The van der Waals surface area contributed by atoms with Crippen molar-refractivity contribution < 1.29 is 9.59 Å². The number of aryl methyl sites for hydroxylation is 1. The van der Waals surface area contributed by atoms with Crippen LogP contribution in [0.15, 0.2) is 54.6 Å². The van der Waals surface area contributed by atoms with Gasteiger partial charge in [-0.2, -0.15) is 0 Å². The average molecular weight is 336 g/mol. The van der Waals surface area contributed by atoms with E-state index in [-0.39, 0.29) is 23.8 Å². The predicted molar refractivity (Wildman–Crippen MR) is 97.7 cm³/mol. The first-order valence-corrected chi connectivity index (χ1v) is 8.70. The second-order valence-electron chi connectivity index (χ2n) is 6.65. The third kappa shape index (κ3) is 3.73. The van der Waals surface area contributed by atoms with Crippen molar-refractivity contribution in [2.45, 2.75) is 32.4 Å². The van der Waals surface area contributed by atoms with Gasteiger partial charge in [-0.1, -0.05) is 54.6 Å². The minimum atomic E-state index is -0.228. The molecule has 1 saturated heterocycles. The second kappa shape index (κ2) is 7.51. The molecule has 2 aromatic rings. The van der Waals surface area contributed by atoms with Gasteiger partial charge in [-0.15, -0.1) is 0 Å². The molecule has 0 radical (unpaired) electrons. The van der Waals surface area contributed by atoms with Gasteiger partial charge in [0.05, 0.1) is 12.0 Å². The van der Waals surface area contributed by atoms with Crippen LogP contribution in [0, 0.1) is 12.8 Å². The minimum Gasteiger partial charge on any atom is -0.352 e. The van der Waals surface area contributed by atoms with Gasteiger partial charge < -0.3 is 10.2 Å². The van der Waals surface area contributed by atoms with Crippen LogP contribution >= 0.6 is 0 Å². The first-order valence-electron chi connectivity index (χ1n) is 8.70. The van der Waals surface area contributed by atoms with Crippen molar-refractivity contribution in [3.8, 4) is 0 Å². The summed E-state index contributed by atoms with van der Waals surface area (Å²) in [7, 11) is 1.79. The molecule has 2 aromatic carbocycles. The Bertz CT molecular complexity index is 758. The molecular formula is C21H24N2O2. The summed E-state index contributed by atoms with van der Waals surface area (Å²) in [5.74, 6) is -0.123. The van der Waals surface area contributed by atoms with Crippen molar-refractivity contribution in [2.24, 2.45) is 5.92 Å². The second-order valence-corrected chi connectivity index (χ2v) is 6.65. The molecule has 1 aliphatic heterocycles. The molecule has 4 heteroatoms. The molecule has 0 saturated carbocycles. The number of carbonyl (C=O) groups is 2. The topological polar surface area (TPSA) is 49.4 Å². The van der Waals surface area contributed by atoms with Gasteiger partial charge in [0.25, 0.3) is 0 Å². The molecule has 2 amide bonds. The number of likely N-dealkylation sites (tertiary alicyclic amines) is 1. The molecule has 0 unspecified atom stereocenters. The van der Waals surface area contributed by atoms with Crippen LogP contribution in [-0.4, -0.2) is 23.8 Å². The van der Waals surface area contributed by atoms with E-state index < -0.39 is 0 Å². The minimum absolute atomic E-state index is 0.0106. The predicted octanol–water partition coefficient (Wildman–Crippen LogP) is 3.22. The van der Waals surface area contributed by atoms with E-state index in [1.165, 1.54) is 5.56 Å². The largest absolute Gasteiger partial charge is 0.352 e. The standard InChI is InChI=1S/C21H24N2O2/c1-15-8-6-7-11-17(15)14-22-21(25)18-12-13-19(24)23(2)20(18)16-9-4-3-5-10-16/h3-11,18,20H,12-14H2,1-2H3,(H,22,25)/t18-,20+/m0/s1. The quantitative estimate of drug-likeness (QED) is 0.932. The van der Waals surface area contributed by atoms with E-state index in [1.807, 2.05) is 61.5 Å². The molecule has 1 aliphatic rings. The van der Waals surface area contributed by atoms with Crippen LogP contribution in [-0.2, 0) is 16.1 Å². The lowest BCUT2D eigenvalue weighted by Gasteiger charge is -2.38. The van der Waals surface area contributed by atoms with E-state index in [9.17, 15) is 9.59 Å². The van der Waals surface area contributed by atoms with E-state index in [4.69, 9.17) is 0 Å². The van der Waals surface area contributed by atoms with Gasteiger partial charge in [-0.25, -0.2) is 0 Å². The highest BCUT2D eigenvalue weighted by Crippen LogP contribution is 2.35. The van der Waals surface area contributed by atoms with Crippen LogP contribution in [0.1, 0.15) is 35.6 Å². The fraction of sp³-hybridized carbons (Fsp3) is 0.333. The third-order valence-electron chi connectivity index (χ3n) is 5.05. The molecule has 2 atom stereocenters. The van der Waals surface area contributed by atoms with Crippen molar-refractivity contribution in [1.82, 2.24) is 10.2 Å². The first-order chi connectivity index (χ1) is 12.1. The highest BCUT2D eigenvalue weighted by molar-refractivity contribution is 5.84. The van der Waals surface area contributed by atoms with Crippen LogP contribution in [0.5, 0.6) is 0 Å². The Morgan fingerprint density at radius 3 is 2.52 bits per heavy atom. The number of amides is 2. The van der Waals surface area contributed by atoms with Crippen molar-refractivity contribution in [2.75, 3.05) is 7.05 Å². The number of carbonyl (C=O) groups excluding carboxylic acids is 2. The monoisotopic (exact) mass is 336 g/mol. The summed E-state index contributed by atoms with van der Waals surface area (Å²) >= 11 is 0. The summed E-state index contributed by atoms with van der Waals surface area (Å²) in [6.07, 6.45) is 1.00. The van der Waals surface area contributed by atoms with E-state index in [0.717, 1.165) is 11.1 Å². The molecule has 25 heavy (non-hydrogen) atoms. The van der Waals surface area contributed by atoms with E-state index >= 15 is 0 Å². The summed E-state index contributed by atoms with van der Waals surface area (Å²) in [5, 5.41) is 3.07. The van der Waals surface area contributed by atoms with Crippen LogP contribution in [0.2, 0.25) is 0 Å². The van der Waals surface area contributed by atoms with Gasteiger partial charge in [0.15, 0.2) is 0 Å². The number of nitrogens with one attached hydrogen (secondary N) is 1. The van der Waals surface area contributed by atoms with E-state index in [2.05, 4.69) is 5.32 Å². The number of rotatable bonds is 4. The Labute approximate surface area is 148 Å². The van der Waals surface area contributed by atoms with Gasteiger partial charge in [0, 0.05) is 20.0 Å². The molecule has 0 aliphatic carbocycles. The van der Waals surface area contributed by atoms with Gasteiger partial charge in [0.1, 0.15) is 0 Å². The van der Waals surface area contributed by atoms with Gasteiger partial charge in [-0.3, -0.25) is 9.59 Å². The van der Waals surface area contributed by atoms with Crippen LogP contribution < -0.4 is 5.32 Å². The maximum absolute atomic E-state index is 12.9. The summed E-state index contributed by atoms with van der Waals surface area (Å²) < 4.78 is 0. The number of nitrogens with zero attached hydrogens (tertiary/aromatic N) is 1. The van der Waals surface area contributed by atoms with E-state index in [1.54, 1.807) is 11.9 Å². The van der Waals surface area contributed by atoms with Crippen molar-refractivity contribution >= 4 is 11.8 Å². The Morgan fingerprint density at radius 1 is 1.12 bits per heavy atom. The van der Waals surface area contributed by atoms with Crippen LogP contribution in [0.25, 0.3) is 0 Å². The van der Waals surface area contributed by atoms with Crippen LogP contribution in [0.4, 0.5) is 0 Å². The van der Waals surface area contributed by atoms with Crippen LogP contribution in [0.3, 0.4) is 0 Å². The van der Waals surface area contributed by atoms with Crippen molar-refractivity contribution in [3.63, 3.8) is 0 Å². The van der Waals surface area contributed by atoms with Gasteiger partial charge in [0.2, 0.25) is 11.8 Å². The number of hydrogen-bond donors (Lipinski definition) is 1. The number of piperidine rings is 1. The lowest BCUT2D eigenvalue weighted by Crippen LogP contribution is -2.46. The summed E-state index contributed by atoms with van der Waals surface area (Å²) in [6, 6.07) is 17.7. The third-order valence-corrected chi connectivity index (χ3v) is 5.05. The van der Waals surface area contributed by atoms with Crippen molar-refractivity contribution in [1.29, 1.82) is 0 Å². The molecule has 0 spiro atoms. The summed E-state index contributed by atoms with van der Waals surface area (Å²) in [5.41, 5.74) is 3.29. The average Bonchev–Trinajstić information content (AvgIpc) is 2.63.